The Morgan fingerprint density at radius 3 is 2.80 bits per heavy atom. The van der Waals surface area contributed by atoms with Crippen LogP contribution < -0.4 is 5.32 Å². The van der Waals surface area contributed by atoms with Gasteiger partial charge in [-0.2, -0.15) is 0 Å². The molecule has 1 fully saturated rings. The first-order chi connectivity index (χ1) is 7.00. The third-order valence-electron chi connectivity index (χ3n) is 3.04. The van der Waals surface area contributed by atoms with Crippen LogP contribution in [-0.2, 0) is 4.79 Å². The lowest BCUT2D eigenvalue weighted by molar-refractivity contribution is -0.132. The highest BCUT2D eigenvalue weighted by molar-refractivity contribution is 5.84. The molecule has 2 atom stereocenters. The summed E-state index contributed by atoms with van der Waals surface area (Å²) in [6.07, 6.45) is 1.52. The van der Waals surface area contributed by atoms with E-state index in [1.807, 2.05) is 13.8 Å². The Morgan fingerprint density at radius 2 is 2.27 bits per heavy atom. The number of carbonyl (C=O) groups excluding carboxylic acids is 1. The molecule has 1 aliphatic rings. The van der Waals surface area contributed by atoms with Crippen molar-refractivity contribution in [3.63, 3.8) is 0 Å². The first-order valence-corrected chi connectivity index (χ1v) is 5.74. The summed E-state index contributed by atoms with van der Waals surface area (Å²) in [7, 11) is 0. The maximum atomic E-state index is 11.8. The van der Waals surface area contributed by atoms with E-state index in [0.29, 0.717) is 13.0 Å². The molecule has 0 aromatic heterocycles. The number of nitrogens with zero attached hydrogens (tertiary/aromatic N) is 1. The lowest BCUT2D eigenvalue weighted by Crippen LogP contribution is -2.44. The van der Waals surface area contributed by atoms with E-state index in [-0.39, 0.29) is 11.9 Å². The minimum atomic E-state index is -0.753. The van der Waals surface area contributed by atoms with E-state index in [4.69, 9.17) is 0 Å². The summed E-state index contributed by atoms with van der Waals surface area (Å²) in [5.41, 5.74) is -0.753. The van der Waals surface area contributed by atoms with Gasteiger partial charge < -0.3 is 15.3 Å². The average molecular weight is 214 g/mol. The number of aliphatic hydroxyl groups is 1. The van der Waals surface area contributed by atoms with E-state index in [9.17, 15) is 9.90 Å². The summed E-state index contributed by atoms with van der Waals surface area (Å²) in [5, 5.41) is 13.1. The Labute approximate surface area is 91.6 Å². The third kappa shape index (κ3) is 3.18. The van der Waals surface area contributed by atoms with Crippen molar-refractivity contribution in [3.05, 3.63) is 0 Å². The van der Waals surface area contributed by atoms with Crippen molar-refractivity contribution in [2.75, 3.05) is 19.6 Å². The van der Waals surface area contributed by atoms with Crippen LogP contribution in [0.25, 0.3) is 0 Å². The molecule has 0 spiro atoms. The predicted octanol–water partition coefficient (Wildman–Crippen LogP) is 0.358. The number of rotatable bonds is 5. The molecule has 88 valence electrons. The minimum absolute atomic E-state index is 0.0392. The maximum Gasteiger partial charge on any atom is 0.239 e. The molecule has 0 saturated carbocycles. The van der Waals surface area contributed by atoms with Crippen LogP contribution >= 0.6 is 0 Å². The van der Waals surface area contributed by atoms with E-state index in [0.717, 1.165) is 19.5 Å². The summed E-state index contributed by atoms with van der Waals surface area (Å²) in [5.74, 6) is 0.130. The van der Waals surface area contributed by atoms with Crippen LogP contribution in [0.15, 0.2) is 0 Å². The van der Waals surface area contributed by atoms with Gasteiger partial charge >= 0.3 is 0 Å². The fourth-order valence-electron chi connectivity index (χ4n) is 1.85. The van der Waals surface area contributed by atoms with Crippen molar-refractivity contribution in [1.29, 1.82) is 0 Å². The predicted molar refractivity (Wildman–Crippen MR) is 59.6 cm³/mol. The molecule has 1 aliphatic heterocycles. The number of amides is 1. The van der Waals surface area contributed by atoms with E-state index in [1.165, 1.54) is 0 Å². The van der Waals surface area contributed by atoms with Crippen LogP contribution in [0.3, 0.4) is 0 Å². The number of likely N-dealkylation sites (N-methyl/N-ethyl adjacent to an activating group) is 1. The normalized spacial score (nSPS) is 25.7. The smallest absolute Gasteiger partial charge is 0.239 e. The Balaban J connectivity index is 2.49. The molecule has 1 amide bonds. The maximum absolute atomic E-state index is 11.8. The first-order valence-electron chi connectivity index (χ1n) is 5.74. The lowest BCUT2D eigenvalue weighted by Gasteiger charge is -2.28. The van der Waals surface area contributed by atoms with Gasteiger partial charge in [0.15, 0.2) is 0 Å². The second-order valence-electron chi connectivity index (χ2n) is 4.51. The van der Waals surface area contributed by atoms with E-state index >= 15 is 0 Å². The monoisotopic (exact) mass is 214 g/mol. The van der Waals surface area contributed by atoms with Gasteiger partial charge in [-0.3, -0.25) is 4.79 Å². The highest BCUT2D eigenvalue weighted by Gasteiger charge is 2.34. The summed E-state index contributed by atoms with van der Waals surface area (Å²) < 4.78 is 0. The molecular formula is C11H22N2O2. The zero-order valence-electron chi connectivity index (χ0n) is 9.92. The van der Waals surface area contributed by atoms with Crippen LogP contribution in [0.5, 0.6) is 0 Å². The molecule has 2 N–H and O–H groups in total. The Bertz CT molecular complexity index is 229. The summed E-state index contributed by atoms with van der Waals surface area (Å²) in [6.45, 7) is 7.73. The molecule has 4 nitrogen and oxygen atoms in total. The van der Waals surface area contributed by atoms with Gasteiger partial charge in [0, 0.05) is 13.1 Å². The van der Waals surface area contributed by atoms with Crippen LogP contribution in [0.2, 0.25) is 0 Å². The van der Waals surface area contributed by atoms with Gasteiger partial charge in [-0.05, 0) is 26.3 Å². The molecule has 4 heteroatoms. The highest BCUT2D eigenvalue weighted by Crippen LogP contribution is 2.17. The molecule has 0 aromatic carbocycles. The fourth-order valence-corrected chi connectivity index (χ4v) is 1.85. The number of nitrogens with one attached hydrogen (secondary N) is 1. The Morgan fingerprint density at radius 1 is 1.60 bits per heavy atom. The summed E-state index contributed by atoms with van der Waals surface area (Å²) >= 11 is 0. The summed E-state index contributed by atoms with van der Waals surface area (Å²) in [4.78, 5) is 13.6. The van der Waals surface area contributed by atoms with Crippen LogP contribution in [0.4, 0.5) is 0 Å². The average Bonchev–Trinajstić information content (AvgIpc) is 2.50. The molecule has 1 rings (SSSR count). The zero-order chi connectivity index (χ0) is 11.5. The van der Waals surface area contributed by atoms with E-state index in [2.05, 4.69) is 5.32 Å². The van der Waals surface area contributed by atoms with Crippen molar-refractivity contribution < 1.29 is 9.90 Å². The molecule has 0 radical (unpaired) electrons. The third-order valence-corrected chi connectivity index (χ3v) is 3.04. The molecule has 15 heavy (non-hydrogen) atoms. The SMILES string of the molecule is CCNC1CCN(CC(C)(O)CC)C1=O. The van der Waals surface area contributed by atoms with Gasteiger partial charge in [0.2, 0.25) is 5.91 Å². The fraction of sp³-hybridized carbons (Fsp3) is 0.909. The lowest BCUT2D eigenvalue weighted by atomic mass is 10.0. The molecule has 0 bridgehead atoms. The first kappa shape index (κ1) is 12.5. The quantitative estimate of drug-likeness (QED) is 0.694. The van der Waals surface area contributed by atoms with Gasteiger partial charge in [-0.25, -0.2) is 0 Å². The number of carbonyl (C=O) groups is 1. The van der Waals surface area contributed by atoms with Crippen molar-refractivity contribution in [2.45, 2.75) is 45.3 Å². The van der Waals surface area contributed by atoms with Crippen molar-refractivity contribution in [2.24, 2.45) is 0 Å². The van der Waals surface area contributed by atoms with Gasteiger partial charge in [0.05, 0.1) is 11.6 Å². The second-order valence-corrected chi connectivity index (χ2v) is 4.51. The molecule has 0 aromatic rings. The van der Waals surface area contributed by atoms with Gasteiger partial charge in [0.25, 0.3) is 0 Å². The topological polar surface area (TPSA) is 52.6 Å². The minimum Gasteiger partial charge on any atom is -0.388 e. The molecule has 0 aliphatic carbocycles. The van der Waals surface area contributed by atoms with E-state index in [1.54, 1.807) is 11.8 Å². The van der Waals surface area contributed by atoms with Crippen molar-refractivity contribution >= 4 is 5.91 Å². The number of hydrogen-bond acceptors (Lipinski definition) is 3. The largest absolute Gasteiger partial charge is 0.388 e. The van der Waals surface area contributed by atoms with Crippen LogP contribution in [0.1, 0.15) is 33.6 Å². The number of hydrogen-bond donors (Lipinski definition) is 2. The number of likely N-dealkylation sites (tertiary alicyclic amines) is 1. The molecule has 1 saturated heterocycles. The van der Waals surface area contributed by atoms with Crippen molar-refractivity contribution in [3.8, 4) is 0 Å². The van der Waals surface area contributed by atoms with Gasteiger partial charge in [-0.1, -0.05) is 13.8 Å². The molecular weight excluding hydrogens is 192 g/mol. The Hall–Kier alpha value is -0.610. The number of β-amino-alcohol motifs (C(OH)–C–C–N with tert-alkyl or cyclic N) is 1. The van der Waals surface area contributed by atoms with Gasteiger partial charge in [0.1, 0.15) is 0 Å². The van der Waals surface area contributed by atoms with Gasteiger partial charge in [-0.15, -0.1) is 0 Å². The standard InChI is InChI=1S/C11H22N2O2/c1-4-11(3,15)8-13-7-6-9(10(13)14)12-5-2/h9,12,15H,4-8H2,1-3H3. The van der Waals surface area contributed by atoms with E-state index < -0.39 is 5.60 Å². The highest BCUT2D eigenvalue weighted by atomic mass is 16.3. The van der Waals surface area contributed by atoms with Crippen LogP contribution in [0, 0.1) is 0 Å². The molecule has 1 heterocycles. The molecule has 2 unspecified atom stereocenters. The van der Waals surface area contributed by atoms with Crippen LogP contribution in [-0.4, -0.2) is 47.2 Å². The second kappa shape index (κ2) is 4.94. The Kier molecular flexibility index (Phi) is 4.11. The summed E-state index contributed by atoms with van der Waals surface area (Å²) in [6, 6.07) is -0.0392. The zero-order valence-corrected chi connectivity index (χ0v) is 9.92. The van der Waals surface area contributed by atoms with Crippen molar-refractivity contribution in [1.82, 2.24) is 10.2 Å².